The van der Waals surface area contributed by atoms with E-state index in [0.717, 1.165) is 0 Å². The first kappa shape index (κ1) is 8.45. The van der Waals surface area contributed by atoms with Gasteiger partial charge in [-0.05, 0) is 6.92 Å². The zero-order valence-corrected chi connectivity index (χ0v) is 6.37. The van der Waals surface area contributed by atoms with E-state index in [1.165, 1.54) is 0 Å². The quantitative estimate of drug-likeness (QED) is 0.308. The topological polar surface area (TPSA) is 73.6 Å². The van der Waals surface area contributed by atoms with Crippen LogP contribution >= 0.6 is 0 Å². The molecule has 3 N–H and O–H groups in total. The van der Waals surface area contributed by atoms with Crippen LogP contribution in [0.4, 0.5) is 0 Å². The summed E-state index contributed by atoms with van der Waals surface area (Å²) in [6.45, 7) is 2.80. The molecular weight excluding hydrogens is 148 g/mol. The zero-order valence-electron chi connectivity index (χ0n) is 6.37. The van der Waals surface area contributed by atoms with Gasteiger partial charge in [-0.25, -0.2) is 5.84 Å². The summed E-state index contributed by atoms with van der Waals surface area (Å²) in [7, 11) is 0. The van der Waals surface area contributed by atoms with E-state index < -0.39 is 6.10 Å². The summed E-state index contributed by atoms with van der Waals surface area (Å²) in [5.74, 6) is 4.59. The number of ether oxygens (including phenoxy) is 2. The van der Waals surface area contributed by atoms with Crippen LogP contribution in [0.15, 0.2) is 0 Å². The lowest BCUT2D eigenvalue weighted by atomic mass is 10.3. The maximum absolute atomic E-state index is 10.8. The number of hydrogen-bond acceptors (Lipinski definition) is 4. The van der Waals surface area contributed by atoms with Gasteiger partial charge in [0.25, 0.3) is 5.91 Å². The molecule has 1 rings (SSSR count). The molecule has 5 nitrogen and oxygen atoms in total. The highest BCUT2D eigenvalue weighted by Crippen LogP contribution is 2.07. The summed E-state index contributed by atoms with van der Waals surface area (Å²) >= 11 is 0. The number of hydrazine groups is 1. The van der Waals surface area contributed by atoms with Gasteiger partial charge in [0, 0.05) is 0 Å². The molecule has 5 heteroatoms. The van der Waals surface area contributed by atoms with Crippen molar-refractivity contribution in [1.82, 2.24) is 5.43 Å². The van der Waals surface area contributed by atoms with E-state index in [1.54, 1.807) is 6.92 Å². The van der Waals surface area contributed by atoms with Crippen molar-refractivity contribution >= 4 is 5.91 Å². The minimum Gasteiger partial charge on any atom is -0.376 e. The summed E-state index contributed by atoms with van der Waals surface area (Å²) in [5.41, 5.74) is 2.01. The number of nitrogens with one attached hydrogen (secondary N) is 1. The predicted molar refractivity (Wildman–Crippen MR) is 37.5 cm³/mol. The van der Waals surface area contributed by atoms with E-state index in [-0.39, 0.29) is 12.0 Å². The molecule has 1 heterocycles. The molecule has 1 unspecified atom stereocenters. The van der Waals surface area contributed by atoms with Crippen LogP contribution in [0, 0.1) is 0 Å². The van der Waals surface area contributed by atoms with Crippen LogP contribution in [0.3, 0.4) is 0 Å². The van der Waals surface area contributed by atoms with Gasteiger partial charge in [0.2, 0.25) is 0 Å². The molecule has 0 saturated carbocycles. The van der Waals surface area contributed by atoms with E-state index in [0.29, 0.717) is 13.2 Å². The second-order valence-corrected chi connectivity index (χ2v) is 2.45. The second-order valence-electron chi connectivity index (χ2n) is 2.45. The van der Waals surface area contributed by atoms with Gasteiger partial charge in [-0.3, -0.25) is 10.2 Å². The average molecular weight is 160 g/mol. The molecule has 1 fully saturated rings. The van der Waals surface area contributed by atoms with Crippen LogP contribution in [0.1, 0.15) is 6.92 Å². The first-order valence-corrected chi connectivity index (χ1v) is 3.47. The monoisotopic (exact) mass is 160 g/mol. The van der Waals surface area contributed by atoms with Crippen molar-refractivity contribution in [1.29, 1.82) is 0 Å². The number of hydrogen-bond donors (Lipinski definition) is 2. The summed E-state index contributed by atoms with van der Waals surface area (Å²) in [5, 5.41) is 0. The van der Waals surface area contributed by atoms with Crippen molar-refractivity contribution in [3.8, 4) is 0 Å². The Labute approximate surface area is 64.8 Å². The van der Waals surface area contributed by atoms with Crippen molar-refractivity contribution in [3.63, 3.8) is 0 Å². The average Bonchev–Trinajstić information content (AvgIpc) is 1.94. The molecule has 0 aromatic heterocycles. The van der Waals surface area contributed by atoms with Crippen LogP contribution in [-0.2, 0) is 14.3 Å². The highest BCUT2D eigenvalue weighted by atomic mass is 16.6. The molecule has 64 valence electrons. The number of nitrogens with two attached hydrogens (primary N) is 1. The van der Waals surface area contributed by atoms with Gasteiger partial charge in [0.1, 0.15) is 12.2 Å². The Balaban J connectivity index is 2.18. The summed E-state index contributed by atoms with van der Waals surface area (Å²) in [6, 6.07) is 0. The fourth-order valence-electron chi connectivity index (χ4n) is 0.760. The number of carbonyl (C=O) groups excluding carboxylic acids is 1. The van der Waals surface area contributed by atoms with E-state index in [9.17, 15) is 4.79 Å². The van der Waals surface area contributed by atoms with Crippen molar-refractivity contribution in [2.45, 2.75) is 19.1 Å². The summed E-state index contributed by atoms with van der Waals surface area (Å²) < 4.78 is 10.1. The van der Waals surface area contributed by atoms with Gasteiger partial charge in [-0.1, -0.05) is 0 Å². The fraction of sp³-hybridized carbons (Fsp3) is 0.833. The van der Waals surface area contributed by atoms with Crippen molar-refractivity contribution in [2.24, 2.45) is 5.84 Å². The fourth-order valence-corrected chi connectivity index (χ4v) is 0.760. The third-order valence-corrected chi connectivity index (χ3v) is 1.52. The van der Waals surface area contributed by atoms with E-state index in [2.05, 4.69) is 0 Å². The lowest BCUT2D eigenvalue weighted by Gasteiger charge is -2.28. The molecule has 1 aliphatic heterocycles. The Morgan fingerprint density at radius 3 is 2.82 bits per heavy atom. The number of amides is 1. The predicted octanol–water partition coefficient (Wildman–Crippen LogP) is -1.22. The minimum atomic E-state index is -0.492. The van der Waals surface area contributed by atoms with E-state index in [1.807, 2.05) is 5.43 Å². The van der Waals surface area contributed by atoms with E-state index >= 15 is 0 Å². The van der Waals surface area contributed by atoms with E-state index in [4.69, 9.17) is 15.3 Å². The minimum absolute atomic E-state index is 0.0577. The maximum atomic E-state index is 10.8. The summed E-state index contributed by atoms with van der Waals surface area (Å²) in [6.07, 6.45) is -0.434. The SMILES string of the molecule is CC(OC1COC1)C(=O)NN. The van der Waals surface area contributed by atoms with Crippen LogP contribution in [-0.4, -0.2) is 31.3 Å². The molecule has 0 aliphatic carbocycles. The van der Waals surface area contributed by atoms with Gasteiger partial charge >= 0.3 is 0 Å². The molecule has 0 spiro atoms. The van der Waals surface area contributed by atoms with Crippen molar-refractivity contribution in [2.75, 3.05) is 13.2 Å². The lowest BCUT2D eigenvalue weighted by molar-refractivity contribution is -0.164. The Kier molecular flexibility index (Phi) is 2.81. The molecule has 1 atom stereocenters. The van der Waals surface area contributed by atoms with Gasteiger partial charge in [-0.2, -0.15) is 0 Å². The molecule has 11 heavy (non-hydrogen) atoms. The van der Waals surface area contributed by atoms with Crippen LogP contribution in [0.25, 0.3) is 0 Å². The third kappa shape index (κ3) is 2.14. The van der Waals surface area contributed by atoms with Gasteiger partial charge < -0.3 is 9.47 Å². The van der Waals surface area contributed by atoms with Gasteiger partial charge in [0.05, 0.1) is 13.2 Å². The molecule has 0 aromatic rings. The third-order valence-electron chi connectivity index (χ3n) is 1.52. The summed E-state index contributed by atoms with van der Waals surface area (Å²) in [4.78, 5) is 10.8. The molecule has 0 aromatic carbocycles. The molecule has 1 aliphatic rings. The lowest BCUT2D eigenvalue weighted by Crippen LogP contribution is -2.45. The first-order chi connectivity index (χ1) is 5.24. The smallest absolute Gasteiger partial charge is 0.262 e. The Bertz CT molecular complexity index is 147. The Morgan fingerprint density at radius 1 is 1.82 bits per heavy atom. The maximum Gasteiger partial charge on any atom is 0.262 e. The van der Waals surface area contributed by atoms with Gasteiger partial charge in [0.15, 0.2) is 0 Å². The highest BCUT2D eigenvalue weighted by Gasteiger charge is 2.24. The number of rotatable bonds is 3. The molecular formula is C6H12N2O3. The van der Waals surface area contributed by atoms with Crippen LogP contribution in [0.5, 0.6) is 0 Å². The second kappa shape index (κ2) is 3.66. The van der Waals surface area contributed by atoms with Crippen LogP contribution < -0.4 is 11.3 Å². The van der Waals surface area contributed by atoms with Crippen molar-refractivity contribution in [3.05, 3.63) is 0 Å². The highest BCUT2D eigenvalue weighted by molar-refractivity contribution is 5.79. The zero-order chi connectivity index (χ0) is 8.27. The Morgan fingerprint density at radius 2 is 2.45 bits per heavy atom. The van der Waals surface area contributed by atoms with Crippen LogP contribution in [0.2, 0.25) is 0 Å². The first-order valence-electron chi connectivity index (χ1n) is 3.47. The molecule has 0 bridgehead atoms. The molecule has 0 radical (unpaired) electrons. The normalized spacial score (nSPS) is 20.5. The Hall–Kier alpha value is -0.650. The standard InChI is InChI=1S/C6H12N2O3/c1-4(6(9)8-7)11-5-2-10-3-5/h4-5H,2-3,7H2,1H3,(H,8,9). The number of carbonyl (C=O) groups is 1. The largest absolute Gasteiger partial charge is 0.376 e. The van der Waals surface area contributed by atoms with Crippen molar-refractivity contribution < 1.29 is 14.3 Å². The molecule has 1 amide bonds. The molecule has 1 saturated heterocycles. The van der Waals surface area contributed by atoms with Gasteiger partial charge in [-0.15, -0.1) is 0 Å².